The van der Waals surface area contributed by atoms with Crippen LogP contribution in [0.25, 0.3) is 0 Å². The predicted molar refractivity (Wildman–Crippen MR) is 108 cm³/mol. The molecule has 2 aromatic rings. The maximum atomic E-state index is 12.5. The summed E-state index contributed by atoms with van der Waals surface area (Å²) in [7, 11) is -3.82. The smallest absolute Gasteiger partial charge is 0.271 e. The first-order valence-electron chi connectivity index (χ1n) is 8.57. The average Bonchev–Trinajstić information content (AvgIpc) is 2.60. The first kappa shape index (κ1) is 21.4. The first-order valence-corrected chi connectivity index (χ1v) is 10.4. The Labute approximate surface area is 164 Å². The van der Waals surface area contributed by atoms with E-state index in [1.807, 2.05) is 39.0 Å². The molecule has 28 heavy (non-hydrogen) atoms. The fourth-order valence-electron chi connectivity index (χ4n) is 2.88. The first-order chi connectivity index (χ1) is 13.0. The zero-order valence-electron chi connectivity index (χ0n) is 16.2. The molecule has 0 heterocycles. The van der Waals surface area contributed by atoms with Crippen LogP contribution in [0.2, 0.25) is 0 Å². The number of non-ortho nitro benzene ring substituents is 1. The molecule has 0 fully saturated rings. The van der Waals surface area contributed by atoms with Crippen molar-refractivity contribution in [3.63, 3.8) is 0 Å². The van der Waals surface area contributed by atoms with Crippen LogP contribution in [0.4, 0.5) is 11.4 Å². The summed E-state index contributed by atoms with van der Waals surface area (Å²) in [6.07, 6.45) is 0.952. The fourth-order valence-corrected chi connectivity index (χ4v) is 3.73. The molecule has 1 atom stereocenters. The summed E-state index contributed by atoms with van der Waals surface area (Å²) in [5.74, 6) is -0.509. The maximum Gasteiger partial charge on any atom is 0.271 e. The molecule has 1 N–H and O–H groups in total. The molecule has 0 spiro atoms. The highest BCUT2D eigenvalue weighted by molar-refractivity contribution is 7.92. The summed E-state index contributed by atoms with van der Waals surface area (Å²) < 4.78 is 25.2. The molecule has 8 nitrogen and oxygen atoms in total. The van der Waals surface area contributed by atoms with Crippen LogP contribution < -0.4 is 9.62 Å². The van der Waals surface area contributed by atoms with Gasteiger partial charge in [0.1, 0.15) is 6.54 Å². The third-order valence-corrected chi connectivity index (χ3v) is 5.44. The molecule has 0 saturated heterocycles. The summed E-state index contributed by atoms with van der Waals surface area (Å²) in [6.45, 7) is 5.22. The van der Waals surface area contributed by atoms with Crippen molar-refractivity contribution in [1.82, 2.24) is 5.32 Å². The lowest BCUT2D eigenvalue weighted by molar-refractivity contribution is -0.384. The Balaban J connectivity index is 2.23. The molecule has 0 aliphatic carbocycles. The maximum absolute atomic E-state index is 12.5. The van der Waals surface area contributed by atoms with Gasteiger partial charge in [-0.25, -0.2) is 8.42 Å². The molecule has 2 rings (SSSR count). The number of hydrogen-bond donors (Lipinski definition) is 1. The summed E-state index contributed by atoms with van der Waals surface area (Å²) in [6, 6.07) is 10.8. The Morgan fingerprint density at radius 1 is 1.21 bits per heavy atom. The Hall–Kier alpha value is -2.94. The number of sulfonamides is 1. The number of nitro benzene ring substituents is 1. The molecule has 0 bridgehead atoms. The SMILES string of the molecule is Cc1ccc(C)c(C(C)NC(=O)CN(c2cccc([N+](=O)[O-])c2)S(C)(=O)=O)c1. The molecule has 1 unspecified atom stereocenters. The van der Waals surface area contributed by atoms with Gasteiger partial charge in [-0.15, -0.1) is 0 Å². The van der Waals surface area contributed by atoms with Gasteiger partial charge >= 0.3 is 0 Å². The van der Waals surface area contributed by atoms with Crippen molar-refractivity contribution in [1.29, 1.82) is 0 Å². The van der Waals surface area contributed by atoms with Crippen molar-refractivity contribution in [2.24, 2.45) is 0 Å². The second-order valence-electron chi connectivity index (χ2n) is 6.70. The lowest BCUT2D eigenvalue weighted by Gasteiger charge is -2.23. The van der Waals surface area contributed by atoms with E-state index in [9.17, 15) is 23.3 Å². The van der Waals surface area contributed by atoms with E-state index in [1.54, 1.807) is 0 Å². The zero-order valence-corrected chi connectivity index (χ0v) is 17.0. The van der Waals surface area contributed by atoms with E-state index in [0.29, 0.717) is 0 Å². The van der Waals surface area contributed by atoms with Crippen LogP contribution in [-0.4, -0.2) is 32.0 Å². The lowest BCUT2D eigenvalue weighted by Crippen LogP contribution is -2.41. The van der Waals surface area contributed by atoms with Gasteiger partial charge in [-0.2, -0.15) is 0 Å². The van der Waals surface area contributed by atoms with E-state index in [-0.39, 0.29) is 17.4 Å². The van der Waals surface area contributed by atoms with Crippen LogP contribution in [0.15, 0.2) is 42.5 Å². The number of rotatable bonds is 7. The molecule has 0 aromatic heterocycles. The molecule has 2 aromatic carbocycles. The number of hydrogen-bond acceptors (Lipinski definition) is 5. The van der Waals surface area contributed by atoms with E-state index < -0.39 is 27.4 Å². The molecule has 150 valence electrons. The van der Waals surface area contributed by atoms with Crippen molar-refractivity contribution in [3.05, 3.63) is 69.3 Å². The molecule has 1 amide bonds. The number of aryl methyl sites for hydroxylation is 2. The number of amides is 1. The van der Waals surface area contributed by atoms with Crippen LogP contribution in [0.3, 0.4) is 0 Å². The minimum atomic E-state index is -3.82. The average molecular weight is 405 g/mol. The van der Waals surface area contributed by atoms with Crippen LogP contribution in [0, 0.1) is 24.0 Å². The molecule has 0 aliphatic heterocycles. The van der Waals surface area contributed by atoms with Crippen molar-refractivity contribution < 1.29 is 18.1 Å². The van der Waals surface area contributed by atoms with Gasteiger partial charge in [-0.1, -0.05) is 29.8 Å². The van der Waals surface area contributed by atoms with Crippen molar-refractivity contribution in [2.75, 3.05) is 17.1 Å². The summed E-state index contributed by atoms with van der Waals surface area (Å²) in [4.78, 5) is 22.9. The number of nitrogens with zero attached hydrogens (tertiary/aromatic N) is 2. The summed E-state index contributed by atoms with van der Waals surface area (Å²) in [5, 5.41) is 13.8. The zero-order chi connectivity index (χ0) is 21.1. The molecular weight excluding hydrogens is 382 g/mol. The van der Waals surface area contributed by atoms with Gasteiger partial charge < -0.3 is 5.32 Å². The van der Waals surface area contributed by atoms with E-state index in [2.05, 4.69) is 5.32 Å². The number of carbonyl (C=O) groups excluding carboxylic acids is 1. The van der Waals surface area contributed by atoms with Gasteiger partial charge in [0, 0.05) is 12.1 Å². The number of benzene rings is 2. The molecular formula is C19H23N3O5S. The lowest BCUT2D eigenvalue weighted by atomic mass is 10.00. The van der Waals surface area contributed by atoms with E-state index in [0.717, 1.165) is 33.3 Å². The Kier molecular flexibility index (Phi) is 6.40. The number of carbonyl (C=O) groups is 1. The number of nitrogens with one attached hydrogen (secondary N) is 1. The fraction of sp³-hybridized carbons (Fsp3) is 0.316. The normalized spacial score (nSPS) is 12.3. The highest BCUT2D eigenvalue weighted by Crippen LogP contribution is 2.23. The van der Waals surface area contributed by atoms with E-state index >= 15 is 0 Å². The van der Waals surface area contributed by atoms with Crippen molar-refractivity contribution >= 4 is 27.3 Å². The quantitative estimate of drug-likeness (QED) is 0.563. The minimum absolute atomic E-state index is 0.0613. The van der Waals surface area contributed by atoms with Gasteiger partial charge in [-0.3, -0.25) is 19.2 Å². The number of anilines is 1. The second-order valence-corrected chi connectivity index (χ2v) is 8.60. The summed E-state index contributed by atoms with van der Waals surface area (Å²) in [5.41, 5.74) is 2.81. The standard InChI is InChI=1S/C19H23N3O5S/c1-13-8-9-14(2)18(10-13)15(3)20-19(23)12-21(28(4,26)27)16-6-5-7-17(11-16)22(24)25/h5-11,15H,12H2,1-4H3,(H,20,23). The highest BCUT2D eigenvalue weighted by atomic mass is 32.2. The third-order valence-electron chi connectivity index (χ3n) is 4.29. The third kappa shape index (κ3) is 5.29. The predicted octanol–water partition coefficient (Wildman–Crippen LogP) is 2.86. The Bertz CT molecular complexity index is 1000. The molecule has 0 radical (unpaired) electrons. The van der Waals surface area contributed by atoms with Crippen LogP contribution >= 0.6 is 0 Å². The van der Waals surface area contributed by atoms with Crippen molar-refractivity contribution in [2.45, 2.75) is 26.8 Å². The number of nitro groups is 1. The van der Waals surface area contributed by atoms with Gasteiger partial charge in [0.25, 0.3) is 5.69 Å². The minimum Gasteiger partial charge on any atom is -0.348 e. The topological polar surface area (TPSA) is 110 Å². The van der Waals surface area contributed by atoms with Gasteiger partial charge in [-0.05, 0) is 38.0 Å². The second kappa shape index (κ2) is 8.39. The van der Waals surface area contributed by atoms with E-state index in [1.165, 1.54) is 18.2 Å². The van der Waals surface area contributed by atoms with E-state index in [4.69, 9.17) is 0 Å². The highest BCUT2D eigenvalue weighted by Gasteiger charge is 2.23. The van der Waals surface area contributed by atoms with Crippen molar-refractivity contribution in [3.8, 4) is 0 Å². The molecule has 0 saturated carbocycles. The Morgan fingerprint density at radius 2 is 1.89 bits per heavy atom. The van der Waals surface area contributed by atoms with Gasteiger partial charge in [0.2, 0.25) is 15.9 Å². The molecule has 9 heteroatoms. The van der Waals surface area contributed by atoms with Gasteiger partial charge in [0.05, 0.1) is 22.9 Å². The monoisotopic (exact) mass is 405 g/mol. The molecule has 0 aliphatic rings. The largest absolute Gasteiger partial charge is 0.348 e. The van der Waals surface area contributed by atoms with Crippen LogP contribution in [-0.2, 0) is 14.8 Å². The summed E-state index contributed by atoms with van der Waals surface area (Å²) >= 11 is 0. The van der Waals surface area contributed by atoms with Crippen LogP contribution in [0.5, 0.6) is 0 Å². The van der Waals surface area contributed by atoms with Gasteiger partial charge in [0.15, 0.2) is 0 Å². The van der Waals surface area contributed by atoms with Crippen LogP contribution in [0.1, 0.15) is 29.7 Å². The Morgan fingerprint density at radius 3 is 2.50 bits per heavy atom.